The lowest BCUT2D eigenvalue weighted by atomic mass is 10.2. The van der Waals surface area contributed by atoms with Crippen LogP contribution in [0.15, 0.2) is 36.4 Å². The molecule has 0 fully saturated rings. The molecule has 94 valence electrons. The number of amides is 1. The van der Waals surface area contributed by atoms with Crippen LogP contribution in [0.4, 0.5) is 5.69 Å². The van der Waals surface area contributed by atoms with Crippen molar-refractivity contribution in [1.82, 2.24) is 4.98 Å². The Morgan fingerprint density at radius 1 is 1.26 bits per heavy atom. The number of nitrogens with zero attached hydrogens (tertiary/aromatic N) is 2. The van der Waals surface area contributed by atoms with E-state index in [1.54, 1.807) is 18.2 Å². The minimum Gasteiger partial charge on any atom is -0.319 e. The predicted molar refractivity (Wildman–Crippen MR) is 73.4 cm³/mol. The third-order valence-electron chi connectivity index (χ3n) is 2.30. The summed E-state index contributed by atoms with van der Waals surface area (Å²) in [5.74, 6) is -0.457. The van der Waals surface area contributed by atoms with Crippen LogP contribution in [0.25, 0.3) is 0 Å². The van der Waals surface area contributed by atoms with Gasteiger partial charge in [-0.05, 0) is 30.3 Å². The molecule has 0 bridgehead atoms. The summed E-state index contributed by atoms with van der Waals surface area (Å²) in [4.78, 5) is 15.8. The highest BCUT2D eigenvalue weighted by molar-refractivity contribution is 6.31. The Hall–Kier alpha value is -2.09. The fourth-order valence-corrected chi connectivity index (χ4v) is 1.77. The number of nitrogens with one attached hydrogen (secondary N) is 1. The van der Waals surface area contributed by atoms with Gasteiger partial charge in [-0.3, -0.25) is 4.79 Å². The monoisotopic (exact) mass is 291 g/mol. The van der Waals surface area contributed by atoms with Gasteiger partial charge in [-0.1, -0.05) is 29.3 Å². The minimum absolute atomic E-state index is 0.163. The number of hydrogen-bond acceptors (Lipinski definition) is 3. The van der Waals surface area contributed by atoms with Crippen LogP contribution in [0.1, 0.15) is 16.1 Å². The summed E-state index contributed by atoms with van der Waals surface area (Å²) in [6.07, 6.45) is 0. The quantitative estimate of drug-likeness (QED) is 0.861. The molecule has 0 aliphatic heterocycles. The van der Waals surface area contributed by atoms with E-state index in [-0.39, 0.29) is 10.8 Å². The van der Waals surface area contributed by atoms with Crippen molar-refractivity contribution < 1.29 is 4.79 Å². The lowest BCUT2D eigenvalue weighted by molar-refractivity contribution is 0.102. The molecule has 0 unspecified atom stereocenters. The maximum Gasteiger partial charge on any atom is 0.274 e. The van der Waals surface area contributed by atoms with Crippen LogP contribution >= 0.6 is 23.2 Å². The first kappa shape index (κ1) is 13.3. The molecule has 6 heteroatoms. The summed E-state index contributed by atoms with van der Waals surface area (Å²) >= 11 is 11.5. The molecular weight excluding hydrogens is 285 g/mol. The largest absolute Gasteiger partial charge is 0.319 e. The molecule has 2 aromatic rings. The number of rotatable bonds is 2. The van der Waals surface area contributed by atoms with Crippen molar-refractivity contribution in [3.8, 4) is 6.07 Å². The van der Waals surface area contributed by atoms with E-state index in [2.05, 4.69) is 10.3 Å². The van der Waals surface area contributed by atoms with Crippen LogP contribution in [0.3, 0.4) is 0 Å². The topological polar surface area (TPSA) is 65.8 Å². The molecular formula is C13H7Cl2N3O. The van der Waals surface area contributed by atoms with Gasteiger partial charge in [0.2, 0.25) is 0 Å². The van der Waals surface area contributed by atoms with Gasteiger partial charge in [0.05, 0.1) is 11.3 Å². The van der Waals surface area contributed by atoms with Gasteiger partial charge in [0.15, 0.2) is 0 Å². The van der Waals surface area contributed by atoms with E-state index in [0.717, 1.165) is 0 Å². The van der Waals surface area contributed by atoms with Crippen molar-refractivity contribution in [2.24, 2.45) is 0 Å². The molecule has 0 atom stereocenters. The molecule has 0 aliphatic rings. The number of anilines is 1. The highest BCUT2D eigenvalue weighted by Crippen LogP contribution is 2.21. The third-order valence-corrected chi connectivity index (χ3v) is 2.74. The summed E-state index contributed by atoms with van der Waals surface area (Å²) < 4.78 is 0. The molecule has 0 saturated carbocycles. The Morgan fingerprint density at radius 3 is 2.74 bits per heavy atom. The standard InChI is InChI=1S/C13H7Cl2N3O/c14-9-5-4-8(7-16)11(6-9)18-13(19)10-2-1-3-12(15)17-10/h1-6H,(H,18,19). The highest BCUT2D eigenvalue weighted by Gasteiger charge is 2.11. The second-order valence-corrected chi connectivity index (χ2v) is 4.43. The number of benzene rings is 1. The lowest BCUT2D eigenvalue weighted by Crippen LogP contribution is -2.14. The molecule has 1 N–H and O–H groups in total. The van der Waals surface area contributed by atoms with Gasteiger partial charge >= 0.3 is 0 Å². The first-order valence-electron chi connectivity index (χ1n) is 5.23. The van der Waals surface area contributed by atoms with E-state index in [1.165, 1.54) is 18.2 Å². The number of pyridine rings is 1. The summed E-state index contributed by atoms with van der Waals surface area (Å²) in [5, 5.41) is 12.2. The molecule has 0 spiro atoms. The number of nitriles is 1. The minimum atomic E-state index is -0.457. The summed E-state index contributed by atoms with van der Waals surface area (Å²) in [6, 6.07) is 11.3. The molecule has 2 rings (SSSR count). The van der Waals surface area contributed by atoms with Crippen molar-refractivity contribution in [2.75, 3.05) is 5.32 Å². The van der Waals surface area contributed by atoms with Gasteiger partial charge in [0, 0.05) is 5.02 Å². The Kier molecular flexibility index (Phi) is 4.00. The Labute approximate surface area is 119 Å². The van der Waals surface area contributed by atoms with Crippen molar-refractivity contribution in [2.45, 2.75) is 0 Å². The zero-order chi connectivity index (χ0) is 13.8. The van der Waals surface area contributed by atoms with Crippen LogP contribution in [0.5, 0.6) is 0 Å². The van der Waals surface area contributed by atoms with Gasteiger partial charge in [-0.2, -0.15) is 5.26 Å². The van der Waals surface area contributed by atoms with Crippen LogP contribution < -0.4 is 5.32 Å². The first-order valence-corrected chi connectivity index (χ1v) is 5.99. The molecule has 0 aliphatic carbocycles. The van der Waals surface area contributed by atoms with Gasteiger partial charge in [0.1, 0.15) is 16.9 Å². The van der Waals surface area contributed by atoms with Crippen LogP contribution in [0.2, 0.25) is 10.2 Å². The normalized spacial score (nSPS) is 9.74. The molecule has 4 nitrogen and oxygen atoms in total. The average molecular weight is 292 g/mol. The molecule has 0 saturated heterocycles. The Balaban J connectivity index is 2.29. The summed E-state index contributed by atoms with van der Waals surface area (Å²) in [6.45, 7) is 0. The SMILES string of the molecule is N#Cc1ccc(Cl)cc1NC(=O)c1cccc(Cl)n1. The highest BCUT2D eigenvalue weighted by atomic mass is 35.5. The number of carbonyl (C=O) groups is 1. The Bertz CT molecular complexity index is 680. The second-order valence-electron chi connectivity index (χ2n) is 3.60. The molecule has 1 aromatic carbocycles. The molecule has 1 aromatic heterocycles. The maximum atomic E-state index is 12.0. The van der Waals surface area contributed by atoms with E-state index in [4.69, 9.17) is 28.5 Å². The molecule has 1 amide bonds. The van der Waals surface area contributed by atoms with E-state index >= 15 is 0 Å². The smallest absolute Gasteiger partial charge is 0.274 e. The summed E-state index contributed by atoms with van der Waals surface area (Å²) in [7, 11) is 0. The maximum absolute atomic E-state index is 12.0. The fourth-order valence-electron chi connectivity index (χ4n) is 1.44. The predicted octanol–water partition coefficient (Wildman–Crippen LogP) is 3.51. The van der Waals surface area contributed by atoms with Gasteiger partial charge in [-0.15, -0.1) is 0 Å². The number of halogens is 2. The van der Waals surface area contributed by atoms with Crippen LogP contribution in [-0.4, -0.2) is 10.9 Å². The zero-order valence-corrected chi connectivity index (χ0v) is 11.0. The lowest BCUT2D eigenvalue weighted by Gasteiger charge is -2.07. The van der Waals surface area contributed by atoms with Crippen molar-refractivity contribution in [3.05, 3.63) is 57.8 Å². The van der Waals surface area contributed by atoms with E-state index < -0.39 is 5.91 Å². The van der Waals surface area contributed by atoms with E-state index in [9.17, 15) is 4.79 Å². The van der Waals surface area contributed by atoms with Crippen LogP contribution in [0, 0.1) is 11.3 Å². The van der Waals surface area contributed by atoms with Gasteiger partial charge in [-0.25, -0.2) is 4.98 Å². The van der Waals surface area contributed by atoms with E-state index in [0.29, 0.717) is 16.3 Å². The molecule has 1 heterocycles. The molecule has 19 heavy (non-hydrogen) atoms. The second kappa shape index (κ2) is 5.70. The first-order chi connectivity index (χ1) is 9.10. The van der Waals surface area contributed by atoms with Gasteiger partial charge < -0.3 is 5.32 Å². The fraction of sp³-hybridized carbons (Fsp3) is 0. The van der Waals surface area contributed by atoms with Crippen molar-refractivity contribution in [3.63, 3.8) is 0 Å². The van der Waals surface area contributed by atoms with Crippen molar-refractivity contribution >= 4 is 34.8 Å². The average Bonchev–Trinajstić information content (AvgIpc) is 2.39. The zero-order valence-electron chi connectivity index (χ0n) is 9.52. The summed E-state index contributed by atoms with van der Waals surface area (Å²) in [5.41, 5.74) is 0.818. The van der Waals surface area contributed by atoms with Crippen LogP contribution in [-0.2, 0) is 0 Å². The van der Waals surface area contributed by atoms with Crippen molar-refractivity contribution in [1.29, 1.82) is 5.26 Å². The number of carbonyl (C=O) groups excluding carboxylic acids is 1. The number of aromatic nitrogens is 1. The number of hydrogen-bond donors (Lipinski definition) is 1. The molecule has 0 radical (unpaired) electrons. The third kappa shape index (κ3) is 3.22. The Morgan fingerprint density at radius 2 is 2.05 bits per heavy atom. The van der Waals surface area contributed by atoms with E-state index in [1.807, 2.05) is 6.07 Å². The van der Waals surface area contributed by atoms with Gasteiger partial charge in [0.25, 0.3) is 5.91 Å².